The van der Waals surface area contributed by atoms with Crippen molar-refractivity contribution < 1.29 is 13.9 Å². The number of hydrogen-bond acceptors (Lipinski definition) is 3. The molecule has 0 bridgehead atoms. The molecule has 1 amide bonds. The van der Waals surface area contributed by atoms with Gasteiger partial charge in [-0.05, 0) is 42.3 Å². The first kappa shape index (κ1) is 20.4. The molecule has 0 aliphatic carbocycles. The SMILES string of the molecule is O=C(CCc1c[nH]c2ccccc12)N1CCOC(c2cccc(-c3cccc(F)c3)n2)C1. The molecule has 1 fully saturated rings. The minimum atomic E-state index is -0.297. The number of para-hydroxylation sites is 1. The highest BCUT2D eigenvalue weighted by Crippen LogP contribution is 2.25. The number of halogens is 1. The number of aryl methyl sites for hydroxylation is 1. The van der Waals surface area contributed by atoms with Crippen LogP contribution >= 0.6 is 0 Å². The number of aromatic nitrogens is 2. The molecule has 1 aliphatic rings. The summed E-state index contributed by atoms with van der Waals surface area (Å²) in [5.74, 6) is -0.180. The fourth-order valence-corrected chi connectivity index (χ4v) is 4.23. The maximum Gasteiger partial charge on any atom is 0.223 e. The lowest BCUT2D eigenvalue weighted by atomic mass is 10.1. The van der Waals surface area contributed by atoms with Gasteiger partial charge in [-0.15, -0.1) is 0 Å². The van der Waals surface area contributed by atoms with Crippen LogP contribution in [0.25, 0.3) is 22.2 Å². The first-order chi connectivity index (χ1) is 15.7. The zero-order chi connectivity index (χ0) is 21.9. The minimum absolute atomic E-state index is 0.116. The maximum absolute atomic E-state index is 13.6. The molecule has 162 valence electrons. The Bertz CT molecular complexity index is 1250. The van der Waals surface area contributed by atoms with Gasteiger partial charge in [0.15, 0.2) is 0 Å². The Balaban J connectivity index is 1.26. The number of H-pyrrole nitrogens is 1. The van der Waals surface area contributed by atoms with Crippen molar-refractivity contribution in [3.05, 3.63) is 90.0 Å². The van der Waals surface area contributed by atoms with Crippen LogP contribution < -0.4 is 0 Å². The van der Waals surface area contributed by atoms with E-state index in [9.17, 15) is 9.18 Å². The lowest BCUT2D eigenvalue weighted by Gasteiger charge is -2.33. The summed E-state index contributed by atoms with van der Waals surface area (Å²) < 4.78 is 19.5. The number of nitrogens with one attached hydrogen (secondary N) is 1. The van der Waals surface area contributed by atoms with Crippen LogP contribution in [-0.2, 0) is 16.0 Å². The summed E-state index contributed by atoms with van der Waals surface area (Å²) in [5, 5.41) is 1.17. The number of rotatable bonds is 5. The molecule has 1 saturated heterocycles. The van der Waals surface area contributed by atoms with Gasteiger partial charge in [0.1, 0.15) is 11.9 Å². The third kappa shape index (κ3) is 4.27. The van der Waals surface area contributed by atoms with Gasteiger partial charge in [-0.3, -0.25) is 4.79 Å². The largest absolute Gasteiger partial charge is 0.368 e. The summed E-state index contributed by atoms with van der Waals surface area (Å²) in [7, 11) is 0. The van der Waals surface area contributed by atoms with Gasteiger partial charge in [0.05, 0.1) is 24.5 Å². The van der Waals surface area contributed by atoms with E-state index >= 15 is 0 Å². The number of fused-ring (bicyclic) bond motifs is 1. The number of amides is 1. The van der Waals surface area contributed by atoms with Crippen LogP contribution in [0.4, 0.5) is 4.39 Å². The number of nitrogens with zero attached hydrogens (tertiary/aromatic N) is 2. The normalized spacial score (nSPS) is 16.4. The lowest BCUT2D eigenvalue weighted by Crippen LogP contribution is -2.42. The van der Waals surface area contributed by atoms with E-state index in [0.717, 1.165) is 16.8 Å². The van der Waals surface area contributed by atoms with Crippen LogP contribution in [0.2, 0.25) is 0 Å². The number of morpholine rings is 1. The third-order valence-corrected chi connectivity index (χ3v) is 5.92. The molecule has 1 aliphatic heterocycles. The van der Waals surface area contributed by atoms with Crippen molar-refractivity contribution in [2.24, 2.45) is 0 Å². The molecule has 6 heteroatoms. The molecule has 1 N–H and O–H groups in total. The number of hydrogen-bond donors (Lipinski definition) is 1. The van der Waals surface area contributed by atoms with Crippen LogP contribution in [0.1, 0.15) is 23.8 Å². The van der Waals surface area contributed by atoms with E-state index in [4.69, 9.17) is 4.74 Å². The summed E-state index contributed by atoms with van der Waals surface area (Å²) in [6.45, 7) is 1.51. The first-order valence-corrected chi connectivity index (χ1v) is 10.8. The van der Waals surface area contributed by atoms with Crippen molar-refractivity contribution in [3.63, 3.8) is 0 Å². The number of aromatic amines is 1. The van der Waals surface area contributed by atoms with Gasteiger partial charge < -0.3 is 14.6 Å². The topological polar surface area (TPSA) is 58.2 Å². The molecule has 2 aromatic heterocycles. The molecule has 0 radical (unpaired) electrons. The van der Waals surface area contributed by atoms with E-state index in [-0.39, 0.29) is 17.8 Å². The number of carbonyl (C=O) groups is 1. The van der Waals surface area contributed by atoms with Gasteiger partial charge in [0, 0.05) is 35.6 Å². The van der Waals surface area contributed by atoms with Crippen molar-refractivity contribution >= 4 is 16.8 Å². The first-order valence-electron chi connectivity index (χ1n) is 10.8. The molecule has 1 atom stereocenters. The van der Waals surface area contributed by atoms with Crippen molar-refractivity contribution in [2.45, 2.75) is 18.9 Å². The quantitative estimate of drug-likeness (QED) is 0.491. The van der Waals surface area contributed by atoms with E-state index in [0.29, 0.717) is 43.8 Å². The summed E-state index contributed by atoms with van der Waals surface area (Å²) in [4.78, 5) is 22.7. The molecule has 4 aromatic rings. The Kier molecular flexibility index (Phi) is 5.69. The molecule has 3 heterocycles. The van der Waals surface area contributed by atoms with Crippen molar-refractivity contribution in [1.82, 2.24) is 14.9 Å². The zero-order valence-electron chi connectivity index (χ0n) is 17.6. The van der Waals surface area contributed by atoms with E-state index < -0.39 is 0 Å². The smallest absolute Gasteiger partial charge is 0.223 e. The average Bonchev–Trinajstić information content (AvgIpc) is 3.26. The number of pyridine rings is 1. The molecular weight excluding hydrogens is 405 g/mol. The second kappa shape index (κ2) is 8.93. The standard InChI is InChI=1S/C26H24FN3O2/c27-20-6-3-5-18(15-20)22-9-4-10-24(29-22)25-17-30(13-14-32-25)26(31)12-11-19-16-28-23-8-2-1-7-21(19)23/h1-10,15-16,25,28H,11-14,17H2. The Morgan fingerprint density at radius 3 is 2.91 bits per heavy atom. The number of carbonyl (C=O) groups excluding carboxylic acids is 1. The summed E-state index contributed by atoms with van der Waals surface area (Å²) in [5.41, 5.74) is 4.40. The Morgan fingerprint density at radius 1 is 1.12 bits per heavy atom. The van der Waals surface area contributed by atoms with Gasteiger partial charge in [-0.2, -0.15) is 0 Å². The molecule has 0 spiro atoms. The van der Waals surface area contributed by atoms with Gasteiger partial charge in [-0.1, -0.05) is 36.4 Å². The number of benzene rings is 2. The third-order valence-electron chi connectivity index (χ3n) is 5.92. The van der Waals surface area contributed by atoms with Crippen LogP contribution in [0.15, 0.2) is 72.9 Å². The van der Waals surface area contributed by atoms with Crippen LogP contribution in [-0.4, -0.2) is 40.5 Å². The Labute approximate surface area is 185 Å². The van der Waals surface area contributed by atoms with Crippen LogP contribution in [0.5, 0.6) is 0 Å². The van der Waals surface area contributed by atoms with Crippen molar-refractivity contribution in [3.8, 4) is 11.3 Å². The summed E-state index contributed by atoms with van der Waals surface area (Å²) >= 11 is 0. The Morgan fingerprint density at radius 2 is 2.00 bits per heavy atom. The monoisotopic (exact) mass is 429 g/mol. The van der Waals surface area contributed by atoms with E-state index in [2.05, 4.69) is 16.0 Å². The highest BCUT2D eigenvalue weighted by Gasteiger charge is 2.26. The minimum Gasteiger partial charge on any atom is -0.368 e. The lowest BCUT2D eigenvalue weighted by molar-refractivity contribution is -0.139. The predicted octanol–water partition coefficient (Wildman–Crippen LogP) is 4.90. The molecule has 0 saturated carbocycles. The molecular formula is C26H24FN3O2. The number of ether oxygens (including phenoxy) is 1. The molecule has 32 heavy (non-hydrogen) atoms. The second-order valence-corrected chi connectivity index (χ2v) is 8.02. The van der Waals surface area contributed by atoms with Crippen molar-refractivity contribution in [1.29, 1.82) is 0 Å². The highest BCUT2D eigenvalue weighted by molar-refractivity contribution is 5.84. The molecule has 2 aromatic carbocycles. The molecule has 5 nitrogen and oxygen atoms in total. The van der Waals surface area contributed by atoms with Gasteiger partial charge in [0.2, 0.25) is 5.91 Å². The van der Waals surface area contributed by atoms with Gasteiger partial charge >= 0.3 is 0 Å². The fourth-order valence-electron chi connectivity index (χ4n) is 4.23. The van der Waals surface area contributed by atoms with Crippen LogP contribution in [0.3, 0.4) is 0 Å². The van der Waals surface area contributed by atoms with Gasteiger partial charge in [-0.25, -0.2) is 9.37 Å². The average molecular weight is 429 g/mol. The molecule has 1 unspecified atom stereocenters. The van der Waals surface area contributed by atoms with E-state index in [1.807, 2.05) is 53.6 Å². The maximum atomic E-state index is 13.6. The van der Waals surface area contributed by atoms with Crippen molar-refractivity contribution in [2.75, 3.05) is 19.7 Å². The Hall–Kier alpha value is -3.51. The zero-order valence-corrected chi connectivity index (χ0v) is 17.6. The summed E-state index contributed by atoms with van der Waals surface area (Å²) in [6, 6.07) is 20.2. The summed E-state index contributed by atoms with van der Waals surface area (Å²) in [6.07, 6.45) is 2.83. The highest BCUT2D eigenvalue weighted by atomic mass is 19.1. The van der Waals surface area contributed by atoms with Gasteiger partial charge in [0.25, 0.3) is 0 Å². The van der Waals surface area contributed by atoms with E-state index in [1.165, 1.54) is 17.5 Å². The van der Waals surface area contributed by atoms with E-state index in [1.54, 1.807) is 6.07 Å². The predicted molar refractivity (Wildman–Crippen MR) is 122 cm³/mol. The molecule has 5 rings (SSSR count). The fraction of sp³-hybridized carbons (Fsp3) is 0.231. The second-order valence-electron chi connectivity index (χ2n) is 8.02. The van der Waals surface area contributed by atoms with Crippen LogP contribution in [0, 0.1) is 5.82 Å².